The number of aromatic nitrogens is 1. The van der Waals surface area contributed by atoms with Gasteiger partial charge in [0.1, 0.15) is 0 Å². The van der Waals surface area contributed by atoms with Gasteiger partial charge in [-0.15, -0.1) is 35.1 Å². The molecule has 0 bridgehead atoms. The first kappa shape index (κ1) is 16.4. The number of carbonyl (C=O) groups excluding carboxylic acids is 1. The second-order valence-electron chi connectivity index (χ2n) is 4.96. The van der Waals surface area contributed by atoms with E-state index in [0.717, 1.165) is 36.5 Å². The first-order valence-electron chi connectivity index (χ1n) is 6.76. The minimum Gasteiger partial charge on any atom is -0.317 e. The Hall–Kier alpha value is -0.950. The first-order chi connectivity index (χ1) is 9.72. The number of nitrogens with zero attached hydrogens (tertiary/aromatic N) is 1. The first-order valence-corrected chi connectivity index (χ1v) is 8.46. The maximum atomic E-state index is 12.1. The number of hydrogen-bond acceptors (Lipinski definition) is 5. The zero-order valence-electron chi connectivity index (χ0n) is 11.7. The van der Waals surface area contributed by atoms with Crippen molar-refractivity contribution in [1.29, 1.82) is 0 Å². The summed E-state index contributed by atoms with van der Waals surface area (Å²) in [6.45, 7) is 3.94. The molecule has 1 aliphatic heterocycles. The third-order valence-corrected chi connectivity index (χ3v) is 5.22. The molecule has 0 aromatic carbocycles. The number of anilines is 1. The smallest absolute Gasteiger partial charge is 0.229 e. The monoisotopic (exact) mass is 343 g/mol. The fraction of sp³-hybridized carbons (Fsp3) is 0.429. The van der Waals surface area contributed by atoms with E-state index in [2.05, 4.69) is 34.7 Å². The van der Waals surface area contributed by atoms with Crippen molar-refractivity contribution < 1.29 is 4.79 Å². The largest absolute Gasteiger partial charge is 0.317 e. The van der Waals surface area contributed by atoms with Gasteiger partial charge in [0.05, 0.1) is 10.6 Å². The molecule has 2 aromatic rings. The molecule has 0 unspecified atom stereocenters. The molecule has 1 amide bonds. The number of rotatable bonds is 3. The summed E-state index contributed by atoms with van der Waals surface area (Å²) in [6.07, 6.45) is 1.82. The Bertz CT molecular complexity index is 605. The molecule has 7 heteroatoms. The molecule has 21 heavy (non-hydrogen) atoms. The topological polar surface area (TPSA) is 54.0 Å². The second kappa shape index (κ2) is 7.35. The fourth-order valence-electron chi connectivity index (χ4n) is 2.31. The van der Waals surface area contributed by atoms with Crippen molar-refractivity contribution in [2.75, 3.05) is 18.4 Å². The summed E-state index contributed by atoms with van der Waals surface area (Å²) in [5, 5.41) is 8.93. The van der Waals surface area contributed by atoms with E-state index in [1.54, 1.807) is 11.3 Å². The number of aryl methyl sites for hydroxylation is 1. The number of piperidine rings is 1. The van der Waals surface area contributed by atoms with Crippen LogP contribution in [0.5, 0.6) is 0 Å². The predicted molar refractivity (Wildman–Crippen MR) is 91.6 cm³/mol. The van der Waals surface area contributed by atoms with Crippen molar-refractivity contribution in [3.63, 3.8) is 0 Å². The summed E-state index contributed by atoms with van der Waals surface area (Å²) in [6, 6.07) is 4.17. The van der Waals surface area contributed by atoms with Crippen LogP contribution in [0.4, 0.5) is 5.13 Å². The van der Waals surface area contributed by atoms with E-state index in [1.807, 2.05) is 5.38 Å². The molecular formula is C14H18ClN3OS2. The van der Waals surface area contributed by atoms with E-state index >= 15 is 0 Å². The van der Waals surface area contributed by atoms with Crippen LogP contribution in [0.15, 0.2) is 17.5 Å². The number of amides is 1. The molecule has 0 aliphatic carbocycles. The fourth-order valence-corrected chi connectivity index (χ4v) is 3.92. The number of thiophene rings is 1. The molecule has 1 aliphatic rings. The number of nitrogens with one attached hydrogen (secondary N) is 2. The van der Waals surface area contributed by atoms with Gasteiger partial charge in [-0.1, -0.05) is 0 Å². The zero-order valence-corrected chi connectivity index (χ0v) is 14.2. The molecule has 4 nitrogen and oxygen atoms in total. The van der Waals surface area contributed by atoms with Crippen LogP contribution in [-0.4, -0.2) is 24.0 Å². The normalized spacial score (nSPS) is 15.5. The van der Waals surface area contributed by atoms with Gasteiger partial charge in [0.25, 0.3) is 0 Å². The SMILES string of the molecule is Cc1ccc(-c2csc(NC(=O)C3CCNCC3)n2)s1.Cl. The van der Waals surface area contributed by atoms with Crippen molar-refractivity contribution >= 4 is 46.1 Å². The summed E-state index contributed by atoms with van der Waals surface area (Å²) >= 11 is 3.22. The van der Waals surface area contributed by atoms with Crippen LogP contribution in [0.3, 0.4) is 0 Å². The molecule has 3 rings (SSSR count). The van der Waals surface area contributed by atoms with Gasteiger partial charge in [0.2, 0.25) is 5.91 Å². The van der Waals surface area contributed by atoms with Crippen LogP contribution in [0.2, 0.25) is 0 Å². The lowest BCUT2D eigenvalue weighted by Crippen LogP contribution is -2.34. The van der Waals surface area contributed by atoms with Crippen LogP contribution in [-0.2, 0) is 4.79 Å². The molecule has 1 saturated heterocycles. The van der Waals surface area contributed by atoms with Crippen molar-refractivity contribution in [1.82, 2.24) is 10.3 Å². The molecule has 114 valence electrons. The highest BCUT2D eigenvalue weighted by Gasteiger charge is 2.21. The number of hydrogen-bond donors (Lipinski definition) is 2. The third-order valence-electron chi connectivity index (χ3n) is 3.44. The molecule has 2 aromatic heterocycles. The van der Waals surface area contributed by atoms with Crippen molar-refractivity contribution in [3.8, 4) is 10.6 Å². The highest BCUT2D eigenvalue weighted by molar-refractivity contribution is 7.17. The Labute approximate surface area is 138 Å². The van der Waals surface area contributed by atoms with E-state index in [9.17, 15) is 4.79 Å². The Morgan fingerprint density at radius 1 is 1.38 bits per heavy atom. The average Bonchev–Trinajstić information content (AvgIpc) is 3.09. The van der Waals surface area contributed by atoms with Gasteiger partial charge in [-0.25, -0.2) is 4.98 Å². The maximum Gasteiger partial charge on any atom is 0.229 e. The van der Waals surface area contributed by atoms with Crippen molar-refractivity contribution in [3.05, 3.63) is 22.4 Å². The summed E-state index contributed by atoms with van der Waals surface area (Å²) in [5.41, 5.74) is 0.953. The molecule has 0 spiro atoms. The quantitative estimate of drug-likeness (QED) is 0.896. The van der Waals surface area contributed by atoms with Gasteiger partial charge in [0, 0.05) is 16.2 Å². The molecule has 0 atom stereocenters. The predicted octanol–water partition coefficient (Wildman–Crippen LogP) is 3.54. The van der Waals surface area contributed by atoms with Gasteiger partial charge < -0.3 is 10.6 Å². The van der Waals surface area contributed by atoms with Crippen molar-refractivity contribution in [2.24, 2.45) is 5.92 Å². The van der Waals surface area contributed by atoms with Gasteiger partial charge in [-0.3, -0.25) is 4.79 Å². The minimum absolute atomic E-state index is 0. The summed E-state index contributed by atoms with van der Waals surface area (Å²) in [5.74, 6) is 0.224. The highest BCUT2D eigenvalue weighted by Crippen LogP contribution is 2.30. The van der Waals surface area contributed by atoms with Gasteiger partial charge in [-0.2, -0.15) is 0 Å². The van der Waals surface area contributed by atoms with Crippen LogP contribution >= 0.6 is 35.1 Å². The Morgan fingerprint density at radius 2 is 2.14 bits per heavy atom. The Morgan fingerprint density at radius 3 is 2.81 bits per heavy atom. The van der Waals surface area contributed by atoms with E-state index in [1.165, 1.54) is 16.2 Å². The van der Waals surface area contributed by atoms with E-state index in [-0.39, 0.29) is 24.2 Å². The lowest BCUT2D eigenvalue weighted by molar-refractivity contribution is -0.120. The van der Waals surface area contributed by atoms with Gasteiger partial charge in [-0.05, 0) is 45.0 Å². The number of thiazole rings is 1. The van der Waals surface area contributed by atoms with Crippen LogP contribution in [0.1, 0.15) is 17.7 Å². The average molecular weight is 344 g/mol. The standard InChI is InChI=1S/C14H17N3OS2.ClH/c1-9-2-3-12(20-9)11-8-19-14(16-11)17-13(18)10-4-6-15-7-5-10;/h2-3,8,10,15H,4-7H2,1H3,(H,16,17,18);1H. The van der Waals surface area contributed by atoms with Crippen molar-refractivity contribution in [2.45, 2.75) is 19.8 Å². The van der Waals surface area contributed by atoms with E-state index in [4.69, 9.17) is 0 Å². The summed E-state index contributed by atoms with van der Waals surface area (Å²) in [4.78, 5) is 19.1. The van der Waals surface area contributed by atoms with Crippen LogP contribution in [0, 0.1) is 12.8 Å². The minimum atomic E-state index is 0. The second-order valence-corrected chi connectivity index (χ2v) is 7.11. The third kappa shape index (κ3) is 4.03. The molecule has 0 radical (unpaired) electrons. The number of halogens is 1. The number of carbonyl (C=O) groups is 1. The van der Waals surface area contributed by atoms with E-state index in [0.29, 0.717) is 5.13 Å². The Balaban J connectivity index is 0.00000161. The maximum absolute atomic E-state index is 12.1. The Kier molecular flexibility index (Phi) is 5.75. The lowest BCUT2D eigenvalue weighted by Gasteiger charge is -2.20. The van der Waals surface area contributed by atoms with Crippen LogP contribution in [0.25, 0.3) is 10.6 Å². The molecule has 0 saturated carbocycles. The molecule has 2 N–H and O–H groups in total. The summed E-state index contributed by atoms with van der Waals surface area (Å²) < 4.78 is 0. The lowest BCUT2D eigenvalue weighted by atomic mass is 9.97. The highest BCUT2D eigenvalue weighted by atomic mass is 35.5. The van der Waals surface area contributed by atoms with E-state index < -0.39 is 0 Å². The molecular weight excluding hydrogens is 326 g/mol. The molecule has 1 fully saturated rings. The molecule has 3 heterocycles. The van der Waals surface area contributed by atoms with Gasteiger partial charge >= 0.3 is 0 Å². The zero-order chi connectivity index (χ0) is 13.9. The van der Waals surface area contributed by atoms with Gasteiger partial charge in [0.15, 0.2) is 5.13 Å². The van der Waals surface area contributed by atoms with Crippen LogP contribution < -0.4 is 10.6 Å². The summed E-state index contributed by atoms with van der Waals surface area (Å²) in [7, 11) is 0.